The molecular weight excluding hydrogens is 360 g/mol. The predicted molar refractivity (Wildman–Crippen MR) is 130 cm³/mol. The predicted octanol–water partition coefficient (Wildman–Crippen LogP) is 7.90. The fourth-order valence-corrected chi connectivity index (χ4v) is 5.94. The number of aryl methyl sites for hydroxylation is 1. The Kier molecular flexibility index (Phi) is 5.50. The van der Waals surface area contributed by atoms with E-state index < -0.39 is 0 Å². The van der Waals surface area contributed by atoms with Gasteiger partial charge in [0.15, 0.2) is 0 Å². The lowest BCUT2D eigenvalue weighted by Gasteiger charge is -2.22. The molecule has 0 amide bonds. The maximum Gasteiger partial charge on any atom is -0.00106 e. The summed E-state index contributed by atoms with van der Waals surface area (Å²) >= 11 is 0. The molecule has 1 fully saturated rings. The zero-order valence-electron chi connectivity index (χ0n) is 18.5. The van der Waals surface area contributed by atoms with E-state index in [0.29, 0.717) is 0 Å². The molecule has 3 aliphatic rings. The average Bonchev–Trinajstić information content (AvgIpc) is 3.34. The van der Waals surface area contributed by atoms with Crippen molar-refractivity contribution in [2.24, 2.45) is 5.92 Å². The standard InChI is InChI=1S/C30H34/c1-3-23-16-18-27-21(2)26(19-25-15-14-24-11-7-8-12-28(24)25)20-30(27)29(23)17-13-22-9-5-4-6-10-22/h7-8,11-12,15-16,18-19,22H,2-6,9-10,13-14,17,20H2,1H3/b26-19+. The number of hydrogen-bond acceptors (Lipinski definition) is 0. The highest BCUT2D eigenvalue weighted by atomic mass is 14.3. The molecule has 0 heterocycles. The van der Waals surface area contributed by atoms with Crippen LogP contribution >= 0.6 is 0 Å². The third kappa shape index (κ3) is 3.62. The van der Waals surface area contributed by atoms with Crippen molar-refractivity contribution in [3.05, 3.63) is 94.1 Å². The van der Waals surface area contributed by atoms with Crippen molar-refractivity contribution in [3.8, 4) is 0 Å². The van der Waals surface area contributed by atoms with Crippen LogP contribution in [0.5, 0.6) is 0 Å². The van der Waals surface area contributed by atoms with E-state index in [1.165, 1.54) is 78.4 Å². The Morgan fingerprint density at radius 3 is 2.67 bits per heavy atom. The van der Waals surface area contributed by atoms with E-state index in [1.54, 1.807) is 16.7 Å². The summed E-state index contributed by atoms with van der Waals surface area (Å²) < 4.78 is 0. The van der Waals surface area contributed by atoms with E-state index in [9.17, 15) is 0 Å². The first kappa shape index (κ1) is 19.6. The largest absolute Gasteiger partial charge is 0.0909 e. The van der Waals surface area contributed by atoms with Crippen LogP contribution in [-0.2, 0) is 25.7 Å². The Balaban J connectivity index is 1.42. The lowest BCUT2D eigenvalue weighted by atomic mass is 9.83. The van der Waals surface area contributed by atoms with Gasteiger partial charge in [-0.2, -0.15) is 0 Å². The Morgan fingerprint density at radius 1 is 1.00 bits per heavy atom. The second-order valence-corrected chi connectivity index (χ2v) is 9.47. The van der Waals surface area contributed by atoms with Crippen LogP contribution in [0.1, 0.15) is 78.8 Å². The van der Waals surface area contributed by atoms with Gasteiger partial charge in [0.05, 0.1) is 0 Å². The SMILES string of the molecule is C=C1/C(=C/C2=CCc3ccccc32)Cc2c1ccc(CC)c2CCC1CCCCC1. The highest BCUT2D eigenvalue weighted by Crippen LogP contribution is 2.42. The summed E-state index contributed by atoms with van der Waals surface area (Å²) in [6.45, 7) is 6.84. The first-order chi connectivity index (χ1) is 14.7. The van der Waals surface area contributed by atoms with E-state index in [-0.39, 0.29) is 0 Å². The second kappa shape index (κ2) is 8.42. The highest BCUT2D eigenvalue weighted by molar-refractivity contribution is 5.91. The van der Waals surface area contributed by atoms with E-state index in [2.05, 4.69) is 62.1 Å². The van der Waals surface area contributed by atoms with Gasteiger partial charge in [-0.1, -0.05) is 94.2 Å². The summed E-state index contributed by atoms with van der Waals surface area (Å²) in [5, 5.41) is 0. The molecule has 0 bridgehead atoms. The Bertz CT molecular complexity index is 1020. The van der Waals surface area contributed by atoms with Crippen molar-refractivity contribution in [1.82, 2.24) is 0 Å². The molecule has 0 radical (unpaired) electrons. The van der Waals surface area contributed by atoms with Gasteiger partial charge < -0.3 is 0 Å². The molecular formula is C30H34. The molecule has 2 aromatic rings. The third-order valence-corrected chi connectivity index (χ3v) is 7.72. The zero-order valence-corrected chi connectivity index (χ0v) is 18.5. The van der Waals surface area contributed by atoms with Gasteiger partial charge in [0, 0.05) is 0 Å². The molecule has 0 heteroatoms. The number of fused-ring (bicyclic) bond motifs is 2. The topological polar surface area (TPSA) is 0 Å². The molecule has 0 atom stereocenters. The minimum Gasteiger partial charge on any atom is -0.0909 e. The van der Waals surface area contributed by atoms with E-state index in [0.717, 1.165) is 25.2 Å². The summed E-state index contributed by atoms with van der Waals surface area (Å²) in [6, 6.07) is 13.6. The highest BCUT2D eigenvalue weighted by Gasteiger charge is 2.25. The van der Waals surface area contributed by atoms with Gasteiger partial charge in [0.1, 0.15) is 0 Å². The fourth-order valence-electron chi connectivity index (χ4n) is 5.94. The van der Waals surface area contributed by atoms with Gasteiger partial charge in [-0.15, -0.1) is 0 Å². The Labute approximate surface area is 182 Å². The molecule has 0 aliphatic heterocycles. The van der Waals surface area contributed by atoms with Crippen LogP contribution in [0, 0.1) is 5.92 Å². The van der Waals surface area contributed by atoms with Crippen LogP contribution in [-0.4, -0.2) is 0 Å². The monoisotopic (exact) mass is 394 g/mol. The molecule has 5 rings (SSSR count). The molecule has 2 aromatic carbocycles. The van der Waals surface area contributed by atoms with Crippen LogP contribution in [0.4, 0.5) is 0 Å². The van der Waals surface area contributed by atoms with Crippen molar-refractivity contribution < 1.29 is 0 Å². The molecule has 0 nitrogen and oxygen atoms in total. The van der Waals surface area contributed by atoms with Crippen molar-refractivity contribution in [3.63, 3.8) is 0 Å². The van der Waals surface area contributed by atoms with Crippen LogP contribution in [0.25, 0.3) is 11.1 Å². The number of rotatable bonds is 5. The van der Waals surface area contributed by atoms with Gasteiger partial charge in [-0.05, 0) is 88.1 Å². The smallest absolute Gasteiger partial charge is 0.00106 e. The Morgan fingerprint density at radius 2 is 1.83 bits per heavy atom. The molecule has 0 unspecified atom stereocenters. The second-order valence-electron chi connectivity index (χ2n) is 9.47. The van der Waals surface area contributed by atoms with Gasteiger partial charge in [-0.25, -0.2) is 0 Å². The van der Waals surface area contributed by atoms with Gasteiger partial charge in [-0.3, -0.25) is 0 Å². The van der Waals surface area contributed by atoms with Crippen LogP contribution < -0.4 is 0 Å². The van der Waals surface area contributed by atoms with Crippen molar-refractivity contribution >= 4 is 11.1 Å². The molecule has 30 heavy (non-hydrogen) atoms. The molecule has 0 N–H and O–H groups in total. The summed E-state index contributed by atoms with van der Waals surface area (Å²) in [5.41, 5.74) is 13.1. The van der Waals surface area contributed by atoms with Gasteiger partial charge in [0.25, 0.3) is 0 Å². The van der Waals surface area contributed by atoms with Crippen molar-refractivity contribution in [1.29, 1.82) is 0 Å². The lowest BCUT2D eigenvalue weighted by Crippen LogP contribution is -2.09. The maximum absolute atomic E-state index is 4.53. The molecule has 0 aromatic heterocycles. The Hall–Kier alpha value is -2.34. The number of benzene rings is 2. The minimum absolute atomic E-state index is 0.944. The summed E-state index contributed by atoms with van der Waals surface area (Å²) in [4.78, 5) is 0. The molecule has 0 spiro atoms. The average molecular weight is 395 g/mol. The first-order valence-corrected chi connectivity index (χ1v) is 12.1. The van der Waals surface area contributed by atoms with Crippen molar-refractivity contribution in [2.75, 3.05) is 0 Å². The maximum atomic E-state index is 4.53. The fraction of sp³-hybridized carbons (Fsp3) is 0.400. The number of hydrogen-bond donors (Lipinski definition) is 0. The van der Waals surface area contributed by atoms with Crippen molar-refractivity contribution in [2.45, 2.75) is 71.1 Å². The van der Waals surface area contributed by atoms with Crippen LogP contribution in [0.15, 0.2) is 60.7 Å². The van der Waals surface area contributed by atoms with Crippen LogP contribution in [0.3, 0.4) is 0 Å². The zero-order chi connectivity index (χ0) is 20.5. The van der Waals surface area contributed by atoms with E-state index >= 15 is 0 Å². The molecule has 0 saturated heterocycles. The molecule has 154 valence electrons. The normalized spacial score (nSPS) is 19.8. The van der Waals surface area contributed by atoms with E-state index in [4.69, 9.17) is 0 Å². The van der Waals surface area contributed by atoms with Gasteiger partial charge >= 0.3 is 0 Å². The molecule has 1 saturated carbocycles. The third-order valence-electron chi connectivity index (χ3n) is 7.72. The van der Waals surface area contributed by atoms with E-state index in [1.807, 2.05) is 0 Å². The summed E-state index contributed by atoms with van der Waals surface area (Å²) in [5.74, 6) is 0.944. The number of allylic oxidation sites excluding steroid dienone is 5. The first-order valence-electron chi connectivity index (χ1n) is 12.1. The minimum atomic E-state index is 0.944. The summed E-state index contributed by atoms with van der Waals surface area (Å²) in [6.07, 6.45) is 17.9. The quantitative estimate of drug-likeness (QED) is 0.483. The lowest BCUT2D eigenvalue weighted by molar-refractivity contribution is 0.339. The van der Waals surface area contributed by atoms with Gasteiger partial charge in [0.2, 0.25) is 0 Å². The molecule has 3 aliphatic carbocycles. The van der Waals surface area contributed by atoms with Crippen LogP contribution in [0.2, 0.25) is 0 Å². The summed E-state index contributed by atoms with van der Waals surface area (Å²) in [7, 11) is 0.